The Bertz CT molecular complexity index is 830. The molecular formula is C24H34N4O3. The number of anilines is 1. The van der Waals surface area contributed by atoms with Crippen LogP contribution in [0.1, 0.15) is 38.2 Å². The van der Waals surface area contributed by atoms with Crippen LogP contribution >= 0.6 is 0 Å². The number of carboxylic acid groups (broad SMARTS) is 1. The van der Waals surface area contributed by atoms with E-state index in [2.05, 4.69) is 46.7 Å². The van der Waals surface area contributed by atoms with E-state index < -0.39 is 12.0 Å². The zero-order valence-electron chi connectivity index (χ0n) is 18.5. The van der Waals surface area contributed by atoms with Gasteiger partial charge in [0.2, 0.25) is 0 Å². The normalized spacial score (nSPS) is 25.2. The molecule has 31 heavy (non-hydrogen) atoms. The van der Waals surface area contributed by atoms with Crippen molar-refractivity contribution in [1.82, 2.24) is 15.5 Å². The van der Waals surface area contributed by atoms with E-state index in [9.17, 15) is 14.7 Å². The van der Waals surface area contributed by atoms with Crippen molar-refractivity contribution in [1.29, 1.82) is 0 Å². The molecule has 0 spiro atoms. The average molecular weight is 427 g/mol. The fourth-order valence-electron chi connectivity index (χ4n) is 5.25. The van der Waals surface area contributed by atoms with Crippen LogP contribution < -0.4 is 15.5 Å². The van der Waals surface area contributed by atoms with E-state index in [0.717, 1.165) is 37.2 Å². The molecule has 1 unspecified atom stereocenters. The van der Waals surface area contributed by atoms with E-state index in [1.165, 1.54) is 18.4 Å². The third kappa shape index (κ3) is 4.65. The third-order valence-corrected chi connectivity index (χ3v) is 7.20. The van der Waals surface area contributed by atoms with Gasteiger partial charge in [-0.3, -0.25) is 0 Å². The SMILES string of the molecule is Cc1ccc(N2CCN(C(=O)N[C@@H](C(=O)O)[C@@H](C)C3=CNC4CCCC[C@@H]34)CC2)cc1. The molecule has 7 heteroatoms. The summed E-state index contributed by atoms with van der Waals surface area (Å²) in [5, 5.41) is 16.1. The van der Waals surface area contributed by atoms with Gasteiger partial charge < -0.3 is 25.5 Å². The van der Waals surface area contributed by atoms with Crippen LogP contribution in [0, 0.1) is 18.8 Å². The number of carbonyl (C=O) groups excluding carboxylic acids is 1. The minimum absolute atomic E-state index is 0.240. The van der Waals surface area contributed by atoms with Crippen LogP contribution in [0.4, 0.5) is 10.5 Å². The van der Waals surface area contributed by atoms with Gasteiger partial charge in [-0.2, -0.15) is 0 Å². The van der Waals surface area contributed by atoms with Crippen molar-refractivity contribution in [3.8, 4) is 0 Å². The zero-order chi connectivity index (χ0) is 22.0. The smallest absolute Gasteiger partial charge is 0.326 e. The third-order valence-electron chi connectivity index (χ3n) is 7.20. The number of nitrogens with one attached hydrogen (secondary N) is 2. The maximum atomic E-state index is 12.9. The summed E-state index contributed by atoms with van der Waals surface area (Å²) in [5.41, 5.74) is 3.52. The fraction of sp³-hybridized carbons (Fsp3) is 0.583. The summed E-state index contributed by atoms with van der Waals surface area (Å²) in [7, 11) is 0. The summed E-state index contributed by atoms with van der Waals surface area (Å²) in [5.74, 6) is -0.823. The van der Waals surface area contributed by atoms with Gasteiger partial charge in [-0.15, -0.1) is 0 Å². The van der Waals surface area contributed by atoms with E-state index >= 15 is 0 Å². The maximum Gasteiger partial charge on any atom is 0.326 e. The molecule has 0 bridgehead atoms. The molecule has 1 aromatic rings. The standard InChI is InChI=1S/C24H34N4O3/c1-16-7-9-18(10-8-16)27-11-13-28(14-12-27)24(31)26-22(23(29)30)17(2)20-15-25-21-6-4-3-5-19(20)21/h7-10,15,17,19,21-22,25H,3-6,11-14H2,1-2H3,(H,26,31)(H,29,30)/t17-,19-,21?,22+/m0/s1. The van der Waals surface area contributed by atoms with Gasteiger partial charge in [-0.25, -0.2) is 9.59 Å². The lowest BCUT2D eigenvalue weighted by Gasteiger charge is -2.37. The molecule has 2 fully saturated rings. The predicted molar refractivity (Wildman–Crippen MR) is 121 cm³/mol. The molecule has 1 aliphatic carbocycles. The Morgan fingerprint density at radius 3 is 2.45 bits per heavy atom. The molecule has 1 aromatic carbocycles. The second-order valence-electron chi connectivity index (χ2n) is 9.17. The molecule has 1 saturated carbocycles. The van der Waals surface area contributed by atoms with E-state index in [0.29, 0.717) is 25.0 Å². The molecule has 3 aliphatic rings. The highest BCUT2D eigenvalue weighted by atomic mass is 16.4. The molecule has 0 aromatic heterocycles. The fourth-order valence-corrected chi connectivity index (χ4v) is 5.25. The summed E-state index contributed by atoms with van der Waals surface area (Å²) >= 11 is 0. The van der Waals surface area contributed by atoms with Crippen molar-refractivity contribution in [2.24, 2.45) is 11.8 Å². The van der Waals surface area contributed by atoms with E-state index in [-0.39, 0.29) is 11.9 Å². The number of carbonyl (C=O) groups is 2. The number of piperazine rings is 1. The minimum Gasteiger partial charge on any atom is -0.480 e. The van der Waals surface area contributed by atoms with Crippen molar-refractivity contribution in [3.63, 3.8) is 0 Å². The molecule has 2 amide bonds. The lowest BCUT2D eigenvalue weighted by atomic mass is 9.76. The van der Waals surface area contributed by atoms with Crippen LogP contribution in [0.5, 0.6) is 0 Å². The quantitative estimate of drug-likeness (QED) is 0.674. The van der Waals surface area contributed by atoms with Gasteiger partial charge in [0.05, 0.1) is 0 Å². The van der Waals surface area contributed by atoms with Crippen molar-refractivity contribution < 1.29 is 14.7 Å². The Labute approximate surface area is 184 Å². The average Bonchev–Trinajstić information content (AvgIpc) is 3.21. The molecule has 4 atom stereocenters. The number of carboxylic acids is 1. The molecule has 0 radical (unpaired) electrons. The van der Waals surface area contributed by atoms with Crippen molar-refractivity contribution in [2.45, 2.75) is 51.6 Å². The number of rotatable bonds is 5. The maximum absolute atomic E-state index is 12.9. The summed E-state index contributed by atoms with van der Waals surface area (Å²) in [6.07, 6.45) is 6.63. The predicted octanol–water partition coefficient (Wildman–Crippen LogP) is 2.96. The zero-order valence-corrected chi connectivity index (χ0v) is 18.5. The Hall–Kier alpha value is -2.70. The molecule has 1 saturated heterocycles. The Morgan fingerprint density at radius 1 is 1.10 bits per heavy atom. The van der Waals surface area contributed by atoms with E-state index in [1.807, 2.05) is 13.1 Å². The Kier molecular flexibility index (Phi) is 6.39. The number of aryl methyl sites for hydroxylation is 1. The van der Waals surface area contributed by atoms with Gasteiger partial charge in [-0.1, -0.05) is 37.5 Å². The number of hydrogen-bond donors (Lipinski definition) is 3. The first-order chi connectivity index (χ1) is 14.9. The summed E-state index contributed by atoms with van der Waals surface area (Å²) in [6, 6.07) is 7.62. The number of benzene rings is 1. The van der Waals surface area contributed by atoms with Crippen molar-refractivity contribution in [3.05, 3.63) is 41.6 Å². The van der Waals surface area contributed by atoms with Crippen LogP contribution in [0.3, 0.4) is 0 Å². The largest absolute Gasteiger partial charge is 0.480 e. The highest BCUT2D eigenvalue weighted by Crippen LogP contribution is 2.38. The van der Waals surface area contributed by atoms with E-state index in [1.54, 1.807) is 4.90 Å². The van der Waals surface area contributed by atoms with Gasteiger partial charge in [0.1, 0.15) is 6.04 Å². The summed E-state index contributed by atoms with van der Waals surface area (Å²) < 4.78 is 0. The summed E-state index contributed by atoms with van der Waals surface area (Å²) in [4.78, 5) is 28.9. The van der Waals surface area contributed by atoms with Crippen LogP contribution in [0.15, 0.2) is 36.0 Å². The minimum atomic E-state index is -0.973. The molecule has 2 heterocycles. The molecule has 3 N–H and O–H groups in total. The van der Waals surface area contributed by atoms with Gasteiger partial charge in [0.15, 0.2) is 0 Å². The molecule has 2 aliphatic heterocycles. The molecular weight excluding hydrogens is 392 g/mol. The van der Waals surface area contributed by atoms with Crippen molar-refractivity contribution >= 4 is 17.7 Å². The first-order valence-corrected chi connectivity index (χ1v) is 11.5. The van der Waals surface area contributed by atoms with Crippen LogP contribution in [0.25, 0.3) is 0 Å². The van der Waals surface area contributed by atoms with Gasteiger partial charge in [-0.05, 0) is 43.7 Å². The highest BCUT2D eigenvalue weighted by molar-refractivity contribution is 5.83. The Morgan fingerprint density at radius 2 is 1.77 bits per heavy atom. The van der Waals surface area contributed by atoms with Crippen LogP contribution in [-0.4, -0.2) is 60.3 Å². The molecule has 4 rings (SSSR count). The number of aliphatic carboxylic acids is 1. The lowest BCUT2D eigenvalue weighted by molar-refractivity contribution is -0.140. The van der Waals surface area contributed by atoms with Crippen LogP contribution in [-0.2, 0) is 4.79 Å². The van der Waals surface area contributed by atoms with Gasteiger partial charge >= 0.3 is 12.0 Å². The number of fused-ring (bicyclic) bond motifs is 1. The number of hydrogen-bond acceptors (Lipinski definition) is 4. The van der Waals surface area contributed by atoms with Gasteiger partial charge in [0.25, 0.3) is 0 Å². The second-order valence-corrected chi connectivity index (χ2v) is 9.17. The lowest BCUT2D eigenvalue weighted by Crippen LogP contribution is -2.56. The molecule has 168 valence electrons. The molecule has 7 nitrogen and oxygen atoms in total. The number of amides is 2. The number of nitrogens with zero attached hydrogens (tertiary/aromatic N) is 2. The number of urea groups is 1. The Balaban J connectivity index is 1.35. The second kappa shape index (κ2) is 9.20. The highest BCUT2D eigenvalue weighted by Gasteiger charge is 2.39. The van der Waals surface area contributed by atoms with Gasteiger partial charge in [0, 0.05) is 49.7 Å². The first-order valence-electron chi connectivity index (χ1n) is 11.5. The topological polar surface area (TPSA) is 84.9 Å². The first kappa shape index (κ1) is 21.5. The monoisotopic (exact) mass is 426 g/mol. The summed E-state index contributed by atoms with van der Waals surface area (Å²) in [6.45, 7) is 6.63. The van der Waals surface area contributed by atoms with E-state index in [4.69, 9.17) is 0 Å². The van der Waals surface area contributed by atoms with Crippen LogP contribution in [0.2, 0.25) is 0 Å². The van der Waals surface area contributed by atoms with Crippen molar-refractivity contribution in [2.75, 3.05) is 31.1 Å².